The van der Waals surface area contributed by atoms with E-state index < -0.39 is 11.2 Å². The van der Waals surface area contributed by atoms with Gasteiger partial charge in [-0.3, -0.25) is 14.4 Å². The van der Waals surface area contributed by atoms with E-state index in [2.05, 4.69) is 29.8 Å². The lowest BCUT2D eigenvalue weighted by atomic mass is 10.0. The zero-order chi connectivity index (χ0) is 34.0. The molecule has 0 aliphatic carbocycles. The standard InChI is InChI=1S/C41H39N3O3S/c1-27(2)31-18-16-30(17-19-31)26-37(44-39(45)33-13-9-6-10-14-33)40(46)42-34-20-22-35(23-21-34)48-38(32-11-7-5-8-12-32)41(47)43-36-24-15-28(3)25-29(36)4/h5-27,38H,1-4H3,(H,42,46)(H,43,47)(H,44,45)/b37-26-. The number of rotatable bonds is 11. The van der Waals surface area contributed by atoms with Crippen molar-refractivity contribution < 1.29 is 14.4 Å². The summed E-state index contributed by atoms with van der Waals surface area (Å²) in [5.41, 5.74) is 6.88. The van der Waals surface area contributed by atoms with Gasteiger partial charge in [0.2, 0.25) is 5.91 Å². The summed E-state index contributed by atoms with van der Waals surface area (Å²) < 4.78 is 0. The normalized spacial score (nSPS) is 11.9. The van der Waals surface area contributed by atoms with Crippen molar-refractivity contribution in [2.24, 2.45) is 0 Å². The first-order valence-corrected chi connectivity index (χ1v) is 16.7. The summed E-state index contributed by atoms with van der Waals surface area (Å²) in [5, 5.41) is 8.31. The van der Waals surface area contributed by atoms with Gasteiger partial charge in [-0.2, -0.15) is 0 Å². The van der Waals surface area contributed by atoms with Crippen LogP contribution in [-0.4, -0.2) is 17.7 Å². The molecule has 3 amide bonds. The van der Waals surface area contributed by atoms with E-state index in [0.717, 1.165) is 32.8 Å². The van der Waals surface area contributed by atoms with E-state index in [9.17, 15) is 14.4 Å². The zero-order valence-electron chi connectivity index (χ0n) is 27.5. The van der Waals surface area contributed by atoms with Gasteiger partial charge in [0.15, 0.2) is 0 Å². The molecule has 242 valence electrons. The molecule has 5 aromatic carbocycles. The highest BCUT2D eigenvalue weighted by Crippen LogP contribution is 2.37. The van der Waals surface area contributed by atoms with Crippen molar-refractivity contribution in [3.05, 3.63) is 166 Å². The van der Waals surface area contributed by atoms with Crippen LogP contribution in [0, 0.1) is 13.8 Å². The lowest BCUT2D eigenvalue weighted by Gasteiger charge is -2.18. The van der Waals surface area contributed by atoms with Gasteiger partial charge in [-0.15, -0.1) is 11.8 Å². The van der Waals surface area contributed by atoms with Gasteiger partial charge in [-0.1, -0.05) is 104 Å². The summed E-state index contributed by atoms with van der Waals surface area (Å²) >= 11 is 1.43. The fourth-order valence-electron chi connectivity index (χ4n) is 5.09. The number of carbonyl (C=O) groups excluding carboxylic acids is 3. The molecule has 0 saturated carbocycles. The van der Waals surface area contributed by atoms with Crippen molar-refractivity contribution in [2.45, 2.75) is 43.8 Å². The van der Waals surface area contributed by atoms with Gasteiger partial charge in [0.25, 0.3) is 11.8 Å². The quantitative estimate of drug-likeness (QED) is 0.0980. The van der Waals surface area contributed by atoms with Crippen molar-refractivity contribution in [2.75, 3.05) is 10.6 Å². The topological polar surface area (TPSA) is 87.3 Å². The molecule has 1 unspecified atom stereocenters. The van der Waals surface area contributed by atoms with Gasteiger partial charge >= 0.3 is 0 Å². The minimum absolute atomic E-state index is 0.117. The smallest absolute Gasteiger partial charge is 0.272 e. The number of thioether (sulfide) groups is 1. The number of nitrogens with one attached hydrogen (secondary N) is 3. The molecule has 1 atom stereocenters. The maximum atomic E-state index is 13.6. The molecule has 6 nitrogen and oxygen atoms in total. The third-order valence-corrected chi connectivity index (χ3v) is 9.06. The van der Waals surface area contributed by atoms with E-state index in [0.29, 0.717) is 17.2 Å². The van der Waals surface area contributed by atoms with Crippen LogP contribution in [0.3, 0.4) is 0 Å². The average molecular weight is 654 g/mol. The maximum absolute atomic E-state index is 13.6. The van der Waals surface area contributed by atoms with E-state index in [1.54, 1.807) is 42.5 Å². The second-order valence-electron chi connectivity index (χ2n) is 11.9. The van der Waals surface area contributed by atoms with Crippen LogP contribution in [0.1, 0.15) is 63.2 Å². The molecule has 5 rings (SSSR count). The highest BCUT2D eigenvalue weighted by molar-refractivity contribution is 8.00. The summed E-state index contributed by atoms with van der Waals surface area (Å²) in [6.45, 7) is 8.25. The molecule has 0 aliphatic heterocycles. The van der Waals surface area contributed by atoms with Gasteiger partial charge in [-0.05, 0) is 90.6 Å². The third-order valence-electron chi connectivity index (χ3n) is 7.79. The predicted octanol–water partition coefficient (Wildman–Crippen LogP) is 9.31. The predicted molar refractivity (Wildman–Crippen MR) is 197 cm³/mol. The molecule has 0 spiro atoms. The second kappa shape index (κ2) is 15.9. The molecule has 0 bridgehead atoms. The number of carbonyl (C=O) groups is 3. The summed E-state index contributed by atoms with van der Waals surface area (Å²) in [5.74, 6) is -0.586. The van der Waals surface area contributed by atoms with Gasteiger partial charge in [0, 0.05) is 21.8 Å². The molecule has 0 fully saturated rings. The monoisotopic (exact) mass is 653 g/mol. The van der Waals surface area contributed by atoms with Crippen molar-refractivity contribution >= 4 is 46.9 Å². The molecule has 5 aromatic rings. The zero-order valence-corrected chi connectivity index (χ0v) is 28.3. The van der Waals surface area contributed by atoms with Crippen LogP contribution in [0.4, 0.5) is 11.4 Å². The molecule has 3 N–H and O–H groups in total. The summed E-state index contributed by atoms with van der Waals surface area (Å²) in [4.78, 5) is 41.1. The van der Waals surface area contributed by atoms with Crippen LogP contribution >= 0.6 is 11.8 Å². The summed E-state index contributed by atoms with van der Waals surface area (Å²) in [6, 6.07) is 39.6. The van der Waals surface area contributed by atoms with Crippen LogP contribution in [0.15, 0.2) is 138 Å². The van der Waals surface area contributed by atoms with E-state index in [4.69, 9.17) is 0 Å². The molecular weight excluding hydrogens is 615 g/mol. The molecular formula is C41H39N3O3S. The minimum Gasteiger partial charge on any atom is -0.325 e. The fraction of sp³-hybridized carbons (Fsp3) is 0.146. The number of aryl methyl sites for hydroxylation is 2. The molecule has 0 radical (unpaired) electrons. The fourth-order valence-corrected chi connectivity index (χ4v) is 6.12. The first-order valence-electron chi connectivity index (χ1n) is 15.9. The van der Waals surface area contributed by atoms with Crippen molar-refractivity contribution in [3.63, 3.8) is 0 Å². The molecule has 48 heavy (non-hydrogen) atoms. The largest absolute Gasteiger partial charge is 0.325 e. The summed E-state index contributed by atoms with van der Waals surface area (Å²) in [7, 11) is 0. The molecule has 0 aliphatic rings. The van der Waals surface area contributed by atoms with Crippen molar-refractivity contribution in [3.8, 4) is 0 Å². The third kappa shape index (κ3) is 9.11. The Bertz CT molecular complexity index is 1900. The molecule has 0 heterocycles. The average Bonchev–Trinajstić information content (AvgIpc) is 3.09. The Morgan fingerprint density at radius 1 is 0.688 bits per heavy atom. The van der Waals surface area contributed by atoms with Crippen LogP contribution in [0.25, 0.3) is 6.08 Å². The van der Waals surface area contributed by atoms with Gasteiger partial charge < -0.3 is 16.0 Å². The number of hydrogen-bond donors (Lipinski definition) is 3. The second-order valence-corrected chi connectivity index (χ2v) is 13.1. The molecule has 0 saturated heterocycles. The Hall–Kier alpha value is -5.40. The number of amides is 3. The van der Waals surface area contributed by atoms with Gasteiger partial charge in [-0.25, -0.2) is 0 Å². The Morgan fingerprint density at radius 3 is 1.96 bits per heavy atom. The Kier molecular flexibility index (Phi) is 11.3. The Morgan fingerprint density at radius 2 is 1.33 bits per heavy atom. The van der Waals surface area contributed by atoms with Crippen LogP contribution < -0.4 is 16.0 Å². The van der Waals surface area contributed by atoms with Crippen molar-refractivity contribution in [1.29, 1.82) is 0 Å². The van der Waals surface area contributed by atoms with E-state index >= 15 is 0 Å². The summed E-state index contributed by atoms with van der Waals surface area (Å²) in [6.07, 6.45) is 1.67. The van der Waals surface area contributed by atoms with Gasteiger partial charge in [0.05, 0.1) is 0 Å². The minimum atomic E-state index is -0.503. The lowest BCUT2D eigenvalue weighted by Crippen LogP contribution is -2.30. The first-order chi connectivity index (χ1) is 23.2. The van der Waals surface area contributed by atoms with E-state index in [1.165, 1.54) is 17.3 Å². The highest BCUT2D eigenvalue weighted by Gasteiger charge is 2.23. The Balaban J connectivity index is 1.33. The molecule has 7 heteroatoms. The number of hydrogen-bond acceptors (Lipinski definition) is 4. The van der Waals surface area contributed by atoms with Crippen LogP contribution in [0.2, 0.25) is 0 Å². The highest BCUT2D eigenvalue weighted by atomic mass is 32.2. The van der Waals surface area contributed by atoms with Gasteiger partial charge in [0.1, 0.15) is 10.9 Å². The lowest BCUT2D eigenvalue weighted by molar-refractivity contribution is -0.116. The van der Waals surface area contributed by atoms with Crippen LogP contribution in [0.5, 0.6) is 0 Å². The number of anilines is 2. The SMILES string of the molecule is Cc1ccc(NC(=O)C(Sc2ccc(NC(=O)/C(=C/c3ccc(C(C)C)cc3)NC(=O)c3ccccc3)cc2)c2ccccc2)c(C)c1. The van der Waals surface area contributed by atoms with E-state index in [1.807, 2.05) is 105 Å². The molecule has 0 aromatic heterocycles. The van der Waals surface area contributed by atoms with Crippen LogP contribution in [-0.2, 0) is 9.59 Å². The maximum Gasteiger partial charge on any atom is 0.272 e. The Labute approximate surface area is 286 Å². The van der Waals surface area contributed by atoms with Crippen molar-refractivity contribution in [1.82, 2.24) is 5.32 Å². The van der Waals surface area contributed by atoms with E-state index in [-0.39, 0.29) is 17.5 Å². The number of benzene rings is 5. The first kappa shape index (κ1) is 33.9.